The quantitative estimate of drug-likeness (QED) is 0.520. The van der Waals surface area contributed by atoms with E-state index in [0.29, 0.717) is 48.9 Å². The number of aromatic nitrogens is 1. The first-order chi connectivity index (χ1) is 15.7. The average Bonchev–Trinajstić information content (AvgIpc) is 3.09. The van der Waals surface area contributed by atoms with Crippen LogP contribution >= 0.6 is 15.9 Å². The van der Waals surface area contributed by atoms with Crippen LogP contribution in [0.4, 0.5) is 5.82 Å². The maximum atomic E-state index is 13.4. The monoisotopic (exact) mass is 490 g/mol. The summed E-state index contributed by atoms with van der Waals surface area (Å²) in [5, 5.41) is 9.39. The van der Waals surface area contributed by atoms with Gasteiger partial charge in [0.25, 0.3) is 5.91 Å². The first-order valence-electron chi connectivity index (χ1n) is 10.5. The Morgan fingerprint density at radius 1 is 1.03 bits per heavy atom. The van der Waals surface area contributed by atoms with Crippen molar-refractivity contribution in [3.8, 4) is 11.8 Å². The molecular weight excluding hydrogens is 468 g/mol. The molecule has 0 saturated carbocycles. The van der Waals surface area contributed by atoms with Gasteiger partial charge in [-0.25, -0.2) is 4.98 Å². The fraction of sp³-hybridized carbons (Fsp3) is 0.240. The molecule has 0 unspecified atom stereocenters. The van der Waals surface area contributed by atoms with Gasteiger partial charge in [-0.05, 0) is 36.8 Å². The average molecular weight is 491 g/mol. The van der Waals surface area contributed by atoms with Crippen LogP contribution in [0.3, 0.4) is 0 Å². The van der Waals surface area contributed by atoms with Crippen molar-refractivity contribution in [3.63, 3.8) is 0 Å². The molecule has 7 heteroatoms. The second-order valence-electron chi connectivity index (χ2n) is 7.50. The number of pyridine rings is 1. The first kappa shape index (κ1) is 21.8. The van der Waals surface area contributed by atoms with E-state index in [4.69, 9.17) is 4.74 Å². The SMILES string of the molecule is N#Cc1cccnc1N1CCCN(C(=O)c2ccccc2OCc2ccccc2Br)CC1. The van der Waals surface area contributed by atoms with E-state index < -0.39 is 0 Å². The molecule has 1 fully saturated rings. The molecule has 162 valence electrons. The van der Waals surface area contributed by atoms with Crippen LogP contribution < -0.4 is 9.64 Å². The van der Waals surface area contributed by atoms with Gasteiger partial charge in [0.05, 0.1) is 11.1 Å². The first-order valence-corrected chi connectivity index (χ1v) is 11.3. The summed E-state index contributed by atoms with van der Waals surface area (Å²) in [6.07, 6.45) is 2.50. The number of benzene rings is 2. The molecule has 1 aromatic heterocycles. The Balaban J connectivity index is 1.47. The third-order valence-electron chi connectivity index (χ3n) is 5.45. The van der Waals surface area contributed by atoms with Crippen molar-refractivity contribution >= 4 is 27.7 Å². The van der Waals surface area contributed by atoms with E-state index in [1.807, 2.05) is 53.4 Å². The molecule has 1 amide bonds. The highest BCUT2D eigenvalue weighted by molar-refractivity contribution is 9.10. The van der Waals surface area contributed by atoms with Crippen LogP contribution in [0.1, 0.15) is 27.9 Å². The van der Waals surface area contributed by atoms with Gasteiger partial charge in [-0.1, -0.05) is 46.3 Å². The number of rotatable bonds is 5. The third-order valence-corrected chi connectivity index (χ3v) is 6.22. The van der Waals surface area contributed by atoms with Gasteiger partial charge >= 0.3 is 0 Å². The normalized spacial score (nSPS) is 13.9. The topological polar surface area (TPSA) is 69.5 Å². The predicted octanol–water partition coefficient (Wildman–Crippen LogP) is 4.65. The lowest BCUT2D eigenvalue weighted by atomic mass is 10.1. The zero-order chi connectivity index (χ0) is 22.3. The van der Waals surface area contributed by atoms with Crippen LogP contribution in [0.15, 0.2) is 71.3 Å². The van der Waals surface area contributed by atoms with E-state index in [2.05, 4.69) is 31.9 Å². The second kappa shape index (κ2) is 10.3. The Hall–Kier alpha value is -3.37. The highest BCUT2D eigenvalue weighted by Crippen LogP contribution is 2.25. The smallest absolute Gasteiger partial charge is 0.257 e. The van der Waals surface area contributed by atoms with Gasteiger partial charge in [-0.15, -0.1) is 0 Å². The van der Waals surface area contributed by atoms with E-state index in [1.54, 1.807) is 18.3 Å². The highest BCUT2D eigenvalue weighted by Gasteiger charge is 2.24. The number of carbonyl (C=O) groups is 1. The molecular formula is C25H23BrN4O2. The summed E-state index contributed by atoms with van der Waals surface area (Å²) < 4.78 is 7.01. The Morgan fingerprint density at radius 2 is 1.84 bits per heavy atom. The molecule has 0 radical (unpaired) electrons. The number of anilines is 1. The van der Waals surface area contributed by atoms with Crippen LogP contribution in [0, 0.1) is 11.3 Å². The van der Waals surface area contributed by atoms with Crippen molar-refractivity contribution in [1.29, 1.82) is 5.26 Å². The van der Waals surface area contributed by atoms with Gasteiger partial charge in [-0.3, -0.25) is 4.79 Å². The molecule has 3 aromatic rings. The number of amides is 1. The Morgan fingerprint density at radius 3 is 2.69 bits per heavy atom. The standard InChI is InChI=1S/C25H23BrN4O2/c26-22-10-3-1-7-20(22)18-32-23-11-4-2-9-21(23)25(31)30-14-6-13-29(15-16-30)24-19(17-27)8-5-12-28-24/h1-5,7-12H,6,13-16,18H2. The molecule has 2 aromatic carbocycles. The molecule has 0 spiro atoms. The van der Waals surface area contributed by atoms with Crippen LogP contribution in [0.2, 0.25) is 0 Å². The Bertz CT molecular complexity index is 1140. The minimum Gasteiger partial charge on any atom is -0.488 e. The number of ether oxygens (including phenoxy) is 1. The van der Waals surface area contributed by atoms with E-state index in [1.165, 1.54) is 0 Å². The number of para-hydroxylation sites is 1. The predicted molar refractivity (Wildman–Crippen MR) is 127 cm³/mol. The largest absolute Gasteiger partial charge is 0.488 e. The summed E-state index contributed by atoms with van der Waals surface area (Å²) in [4.78, 5) is 21.7. The van der Waals surface area contributed by atoms with Crippen molar-refractivity contribution in [3.05, 3.63) is 88.0 Å². The minimum atomic E-state index is -0.0453. The number of nitrogens with zero attached hydrogens (tertiary/aromatic N) is 4. The van der Waals surface area contributed by atoms with Crippen molar-refractivity contribution in [2.75, 3.05) is 31.1 Å². The Labute approximate surface area is 196 Å². The number of carbonyl (C=O) groups excluding carboxylic acids is 1. The van der Waals surface area contributed by atoms with Crippen molar-refractivity contribution in [2.24, 2.45) is 0 Å². The highest BCUT2D eigenvalue weighted by atomic mass is 79.9. The van der Waals surface area contributed by atoms with Crippen LogP contribution in [0.25, 0.3) is 0 Å². The number of hydrogen-bond acceptors (Lipinski definition) is 5. The van der Waals surface area contributed by atoms with Gasteiger partial charge in [0, 0.05) is 42.4 Å². The molecule has 1 saturated heterocycles. The van der Waals surface area contributed by atoms with Crippen molar-refractivity contribution in [2.45, 2.75) is 13.0 Å². The lowest BCUT2D eigenvalue weighted by Gasteiger charge is -2.24. The molecule has 2 heterocycles. The molecule has 32 heavy (non-hydrogen) atoms. The third kappa shape index (κ3) is 4.92. The second-order valence-corrected chi connectivity index (χ2v) is 8.35. The lowest BCUT2D eigenvalue weighted by molar-refractivity contribution is 0.0762. The molecule has 4 rings (SSSR count). The summed E-state index contributed by atoms with van der Waals surface area (Å²) in [5.41, 5.74) is 2.13. The van der Waals surface area contributed by atoms with Gasteiger partial charge in [-0.2, -0.15) is 5.26 Å². The van der Waals surface area contributed by atoms with Crippen molar-refractivity contribution in [1.82, 2.24) is 9.88 Å². The van der Waals surface area contributed by atoms with Crippen LogP contribution in [0.5, 0.6) is 5.75 Å². The molecule has 0 N–H and O–H groups in total. The summed E-state index contributed by atoms with van der Waals surface area (Å²) in [5.74, 6) is 1.21. The number of hydrogen-bond donors (Lipinski definition) is 0. The maximum absolute atomic E-state index is 13.4. The molecule has 1 aliphatic rings. The van der Waals surface area contributed by atoms with Crippen molar-refractivity contribution < 1.29 is 9.53 Å². The van der Waals surface area contributed by atoms with Gasteiger partial charge in [0.1, 0.15) is 24.2 Å². The minimum absolute atomic E-state index is 0.0453. The molecule has 0 atom stereocenters. The van der Waals surface area contributed by atoms with Gasteiger partial charge in [0.2, 0.25) is 0 Å². The number of halogens is 1. The fourth-order valence-electron chi connectivity index (χ4n) is 3.78. The summed E-state index contributed by atoms with van der Waals surface area (Å²) in [7, 11) is 0. The van der Waals surface area contributed by atoms with E-state index in [-0.39, 0.29) is 5.91 Å². The van der Waals surface area contributed by atoms with Crippen LogP contribution in [-0.2, 0) is 6.61 Å². The Kier molecular flexibility index (Phi) is 7.03. The summed E-state index contributed by atoms with van der Waals surface area (Å²) in [6.45, 7) is 2.94. The zero-order valence-electron chi connectivity index (χ0n) is 17.6. The van der Waals surface area contributed by atoms with E-state index >= 15 is 0 Å². The summed E-state index contributed by atoms with van der Waals surface area (Å²) in [6, 6.07) is 21.0. The molecule has 1 aliphatic heterocycles. The van der Waals surface area contributed by atoms with E-state index in [0.717, 1.165) is 23.0 Å². The summed E-state index contributed by atoms with van der Waals surface area (Å²) >= 11 is 3.54. The fourth-order valence-corrected chi connectivity index (χ4v) is 4.18. The van der Waals surface area contributed by atoms with Gasteiger partial charge < -0.3 is 14.5 Å². The molecule has 0 bridgehead atoms. The maximum Gasteiger partial charge on any atom is 0.257 e. The lowest BCUT2D eigenvalue weighted by Crippen LogP contribution is -2.35. The van der Waals surface area contributed by atoms with Gasteiger partial charge in [0.15, 0.2) is 0 Å². The van der Waals surface area contributed by atoms with E-state index in [9.17, 15) is 10.1 Å². The van der Waals surface area contributed by atoms with Crippen LogP contribution in [-0.4, -0.2) is 42.0 Å². The molecule has 0 aliphatic carbocycles. The zero-order valence-corrected chi connectivity index (χ0v) is 19.2. The number of nitriles is 1. The molecule has 6 nitrogen and oxygen atoms in total.